The quantitative estimate of drug-likeness (QED) is 0.305. The molecule has 0 saturated heterocycles. The number of rotatable bonds is 7. The van der Waals surface area contributed by atoms with Gasteiger partial charge < -0.3 is 23.0 Å². The number of nitrogens with zero attached hydrogens (tertiary/aromatic N) is 8. The molecule has 3 aromatic heterocycles. The largest absolute Gasteiger partial charge is 0.494 e. The average Bonchev–Trinajstić information content (AvgIpc) is 3.56. The summed E-state index contributed by atoms with van der Waals surface area (Å²) in [5.41, 5.74) is 6.75. The molecule has 0 unspecified atom stereocenters. The summed E-state index contributed by atoms with van der Waals surface area (Å²) in [7, 11) is 7.42. The van der Waals surface area contributed by atoms with Crippen LogP contribution in [0.5, 0.6) is 5.75 Å². The molecule has 3 heterocycles. The number of methoxy groups -OCH3 is 1. The van der Waals surface area contributed by atoms with Crippen molar-refractivity contribution in [3.63, 3.8) is 0 Å². The van der Waals surface area contributed by atoms with E-state index < -0.39 is 0 Å². The maximum atomic E-state index is 13.3. The van der Waals surface area contributed by atoms with Gasteiger partial charge in [-0.2, -0.15) is 10.1 Å². The van der Waals surface area contributed by atoms with Gasteiger partial charge >= 0.3 is 0 Å². The number of carbonyl (C=O) groups excluding carboxylic acids is 1. The number of carbonyl (C=O) groups is 1. The van der Waals surface area contributed by atoms with E-state index in [9.17, 15) is 4.79 Å². The fourth-order valence-electron chi connectivity index (χ4n) is 5.20. The smallest absolute Gasteiger partial charge is 0.298 e. The molecule has 10 nitrogen and oxygen atoms in total. The number of ether oxygens (including phenoxy) is 1. The summed E-state index contributed by atoms with van der Waals surface area (Å²) < 4.78 is 15.6. The first-order chi connectivity index (χ1) is 18.9. The lowest BCUT2D eigenvalue weighted by Crippen LogP contribution is -2.26. The van der Waals surface area contributed by atoms with E-state index in [-0.39, 0.29) is 5.91 Å². The molecule has 0 aliphatic heterocycles. The van der Waals surface area contributed by atoms with E-state index in [0.717, 1.165) is 39.1 Å². The zero-order valence-electron chi connectivity index (χ0n) is 23.3. The van der Waals surface area contributed by atoms with E-state index in [1.54, 1.807) is 24.9 Å². The second kappa shape index (κ2) is 10.6. The van der Waals surface area contributed by atoms with Crippen LogP contribution in [0, 0.1) is 6.92 Å². The van der Waals surface area contributed by atoms with Gasteiger partial charge in [0.2, 0.25) is 11.2 Å². The summed E-state index contributed by atoms with van der Waals surface area (Å²) in [6.45, 7) is 5.60. The van der Waals surface area contributed by atoms with Crippen LogP contribution in [-0.4, -0.2) is 48.1 Å². The van der Waals surface area contributed by atoms with Crippen molar-refractivity contribution >= 4 is 28.0 Å². The molecule has 5 aromatic rings. The Bertz CT molecular complexity index is 1860. The van der Waals surface area contributed by atoms with Crippen LogP contribution in [0.1, 0.15) is 23.1 Å². The second-order valence-electron chi connectivity index (χ2n) is 9.35. The van der Waals surface area contributed by atoms with Gasteiger partial charge in [-0.05, 0) is 44.2 Å². The number of benzene rings is 2. The summed E-state index contributed by atoms with van der Waals surface area (Å²) in [4.78, 5) is 22.4. The Morgan fingerprint density at radius 2 is 1.62 bits per heavy atom. The van der Waals surface area contributed by atoms with Crippen LogP contribution < -0.4 is 16.0 Å². The minimum Gasteiger partial charge on any atom is -0.494 e. The van der Waals surface area contributed by atoms with Crippen molar-refractivity contribution in [2.24, 2.45) is 24.1 Å². The first kappa shape index (κ1) is 26.0. The highest BCUT2D eigenvalue weighted by molar-refractivity contribution is 5.93. The molecule has 2 aromatic carbocycles. The van der Waals surface area contributed by atoms with Gasteiger partial charge in [-0.25, -0.2) is 0 Å². The van der Waals surface area contributed by atoms with Crippen LogP contribution >= 0.6 is 0 Å². The van der Waals surface area contributed by atoms with Crippen LogP contribution in [0.15, 0.2) is 70.7 Å². The van der Waals surface area contributed by atoms with Gasteiger partial charge in [-0.15, -0.1) is 0 Å². The number of fused-ring (bicyclic) bond motifs is 2. The Morgan fingerprint density at radius 3 is 2.31 bits per heavy atom. The highest BCUT2D eigenvalue weighted by atomic mass is 16.5. The molecule has 1 amide bonds. The van der Waals surface area contributed by atoms with Crippen molar-refractivity contribution in [3.05, 3.63) is 83.3 Å². The summed E-state index contributed by atoms with van der Waals surface area (Å²) in [5, 5.41) is 4.41. The summed E-state index contributed by atoms with van der Waals surface area (Å²) in [6, 6.07) is 15.9. The minimum absolute atomic E-state index is 0.311. The SMILES string of the molecule is CCn1nc(C)cc1C(=O)/N=c1\n(C)c2ccccc2n1C/C=C/Cn1/c(=N/C)n(C)c2cccc(OC)c21. The van der Waals surface area contributed by atoms with Gasteiger partial charge in [0.25, 0.3) is 5.91 Å². The Hall–Kier alpha value is -4.60. The molecular formula is C29H34N8O2. The van der Waals surface area contributed by atoms with E-state index >= 15 is 0 Å². The molecule has 10 heteroatoms. The molecule has 0 spiro atoms. The summed E-state index contributed by atoms with van der Waals surface area (Å²) >= 11 is 0. The van der Waals surface area contributed by atoms with Gasteiger partial charge in [0.05, 0.1) is 29.4 Å². The number of imidazole rings is 2. The Kier molecular flexibility index (Phi) is 7.10. The topological polar surface area (TPSA) is 88.6 Å². The molecule has 0 fully saturated rings. The Labute approximate surface area is 226 Å². The van der Waals surface area contributed by atoms with Crippen molar-refractivity contribution in [3.8, 4) is 5.75 Å². The van der Waals surface area contributed by atoms with Crippen molar-refractivity contribution < 1.29 is 9.53 Å². The minimum atomic E-state index is -0.311. The van der Waals surface area contributed by atoms with Gasteiger partial charge in [0.15, 0.2) is 0 Å². The summed E-state index contributed by atoms with van der Waals surface area (Å²) in [5.74, 6) is 0.490. The zero-order chi connectivity index (χ0) is 27.7. The lowest BCUT2D eigenvalue weighted by Gasteiger charge is -2.06. The lowest BCUT2D eigenvalue weighted by molar-refractivity contribution is 0.0986. The maximum absolute atomic E-state index is 13.3. The average molecular weight is 527 g/mol. The van der Waals surface area contributed by atoms with Gasteiger partial charge in [0, 0.05) is 40.8 Å². The standard InChI is InChI=1S/C29H34N8O2/c1-7-37-24(19-20(2)32-37)27(38)31-29-33(4)21-13-8-9-14-22(21)35(29)17-10-11-18-36-26-23(34(5)28(36)30-3)15-12-16-25(26)39-6/h8-16,19H,7,17-18H2,1-6H3/b11-10+,30-28+,31-29+. The Balaban J connectivity index is 1.54. The number of hydrogen-bond donors (Lipinski definition) is 0. The predicted molar refractivity (Wildman–Crippen MR) is 152 cm³/mol. The van der Waals surface area contributed by atoms with E-state index in [0.29, 0.717) is 30.9 Å². The molecule has 0 aliphatic carbocycles. The molecule has 39 heavy (non-hydrogen) atoms. The third-order valence-electron chi connectivity index (χ3n) is 7.01. The molecule has 0 radical (unpaired) electrons. The number of amides is 1. The van der Waals surface area contributed by atoms with Gasteiger partial charge in [0.1, 0.15) is 17.0 Å². The monoisotopic (exact) mass is 526 g/mol. The van der Waals surface area contributed by atoms with Gasteiger partial charge in [-0.3, -0.25) is 14.5 Å². The van der Waals surface area contributed by atoms with Crippen molar-refractivity contribution in [1.29, 1.82) is 0 Å². The van der Waals surface area contributed by atoms with Crippen molar-refractivity contribution in [1.82, 2.24) is 28.0 Å². The van der Waals surface area contributed by atoms with Crippen LogP contribution in [0.4, 0.5) is 0 Å². The zero-order valence-corrected chi connectivity index (χ0v) is 23.3. The van der Waals surface area contributed by atoms with Crippen molar-refractivity contribution in [2.75, 3.05) is 14.2 Å². The van der Waals surface area contributed by atoms with Crippen LogP contribution in [0.3, 0.4) is 0 Å². The first-order valence-electron chi connectivity index (χ1n) is 13.0. The molecule has 5 rings (SSSR count). The molecule has 0 aliphatic rings. The number of aryl methyl sites for hydroxylation is 4. The number of aromatic nitrogens is 6. The molecule has 0 atom stereocenters. The highest BCUT2D eigenvalue weighted by Gasteiger charge is 2.16. The van der Waals surface area contributed by atoms with Crippen molar-refractivity contribution in [2.45, 2.75) is 33.5 Å². The third-order valence-corrected chi connectivity index (χ3v) is 7.01. The lowest BCUT2D eigenvalue weighted by atomic mass is 10.3. The second-order valence-corrected chi connectivity index (χ2v) is 9.35. The highest BCUT2D eigenvalue weighted by Crippen LogP contribution is 2.24. The van der Waals surface area contributed by atoms with Crippen LogP contribution in [0.2, 0.25) is 0 Å². The van der Waals surface area contributed by atoms with Crippen LogP contribution in [-0.2, 0) is 33.7 Å². The van der Waals surface area contributed by atoms with E-state index in [2.05, 4.69) is 47.0 Å². The number of allylic oxidation sites excluding steroid dienone is 2. The molecule has 0 saturated carbocycles. The first-order valence-corrected chi connectivity index (χ1v) is 13.0. The van der Waals surface area contributed by atoms with E-state index in [1.165, 1.54) is 0 Å². The maximum Gasteiger partial charge on any atom is 0.298 e. The number of para-hydroxylation sites is 3. The fourth-order valence-corrected chi connectivity index (χ4v) is 5.20. The van der Waals surface area contributed by atoms with Crippen LogP contribution in [0.25, 0.3) is 22.1 Å². The molecule has 0 N–H and O–H groups in total. The third kappa shape index (κ3) is 4.52. The summed E-state index contributed by atoms with van der Waals surface area (Å²) in [6.07, 6.45) is 4.20. The fraction of sp³-hybridized carbons (Fsp3) is 0.310. The Morgan fingerprint density at radius 1 is 0.949 bits per heavy atom. The number of hydrogen-bond acceptors (Lipinski definition) is 4. The molecule has 202 valence electrons. The normalized spacial score (nSPS) is 13.0. The molecule has 0 bridgehead atoms. The predicted octanol–water partition coefficient (Wildman–Crippen LogP) is 3.33. The van der Waals surface area contributed by atoms with E-state index in [4.69, 9.17) is 4.74 Å². The molecular weight excluding hydrogens is 492 g/mol. The van der Waals surface area contributed by atoms with Gasteiger partial charge in [-0.1, -0.05) is 30.4 Å². The van der Waals surface area contributed by atoms with E-state index in [1.807, 2.05) is 68.9 Å².